The number of benzene rings is 2. The van der Waals surface area contributed by atoms with E-state index >= 15 is 0 Å². The van der Waals surface area contributed by atoms with Crippen molar-refractivity contribution in [3.05, 3.63) is 64.4 Å². The molecular weight excluding hydrogens is 248 g/mol. The molecule has 0 aliphatic rings. The minimum Gasteiger partial charge on any atom is -0.306 e. The zero-order chi connectivity index (χ0) is 14.1. The van der Waals surface area contributed by atoms with E-state index in [1.54, 1.807) is 6.07 Å². The molecule has 0 aliphatic heterocycles. The summed E-state index contributed by atoms with van der Waals surface area (Å²) in [6.07, 6.45) is 0. The monoisotopic (exact) mass is 264 g/mol. The van der Waals surface area contributed by atoms with E-state index in [2.05, 4.69) is 35.9 Å². The summed E-state index contributed by atoms with van der Waals surface area (Å²) >= 11 is 0. The van der Waals surface area contributed by atoms with Gasteiger partial charge in [0.15, 0.2) is 0 Å². The second kappa shape index (κ2) is 4.93. The molecule has 1 heterocycles. The fourth-order valence-corrected chi connectivity index (χ4v) is 2.25. The molecule has 0 aliphatic carbocycles. The molecule has 0 radical (unpaired) electrons. The molecule has 1 aromatic heterocycles. The standard InChI is InChI=1S/C17H16N2O/c1-11(2)12-7-9-13(10-8-12)16-18-15-6-4-3-5-14(15)17(20)19-16/h3-11H,1-2H3,(H,18,19,20). The minimum atomic E-state index is -0.0986. The summed E-state index contributed by atoms with van der Waals surface area (Å²) in [7, 11) is 0. The summed E-state index contributed by atoms with van der Waals surface area (Å²) < 4.78 is 0. The summed E-state index contributed by atoms with van der Waals surface area (Å²) in [6, 6.07) is 15.5. The quantitative estimate of drug-likeness (QED) is 0.766. The van der Waals surface area contributed by atoms with Gasteiger partial charge in [-0.05, 0) is 23.6 Å². The zero-order valence-corrected chi connectivity index (χ0v) is 11.6. The van der Waals surface area contributed by atoms with E-state index in [9.17, 15) is 4.79 Å². The largest absolute Gasteiger partial charge is 0.306 e. The highest BCUT2D eigenvalue weighted by molar-refractivity contribution is 5.79. The summed E-state index contributed by atoms with van der Waals surface area (Å²) in [6.45, 7) is 4.32. The van der Waals surface area contributed by atoms with E-state index in [4.69, 9.17) is 0 Å². The van der Waals surface area contributed by atoms with Crippen LogP contribution in [-0.4, -0.2) is 9.97 Å². The topological polar surface area (TPSA) is 45.8 Å². The Morgan fingerprint density at radius 2 is 1.70 bits per heavy atom. The number of rotatable bonds is 2. The third-order valence-electron chi connectivity index (χ3n) is 3.46. The first-order valence-corrected chi connectivity index (χ1v) is 6.74. The van der Waals surface area contributed by atoms with Gasteiger partial charge in [-0.15, -0.1) is 0 Å². The SMILES string of the molecule is CC(C)c1ccc(-c2nc3ccccc3c(=O)[nH]2)cc1. The fraction of sp³-hybridized carbons (Fsp3) is 0.176. The molecule has 0 amide bonds. The summed E-state index contributed by atoms with van der Waals surface area (Å²) in [5.41, 5.74) is 2.83. The smallest absolute Gasteiger partial charge is 0.259 e. The van der Waals surface area contributed by atoms with Crippen LogP contribution in [0.15, 0.2) is 53.3 Å². The number of H-pyrrole nitrogens is 1. The highest BCUT2D eigenvalue weighted by Gasteiger charge is 2.06. The molecule has 0 spiro atoms. The third-order valence-corrected chi connectivity index (χ3v) is 3.46. The average molecular weight is 264 g/mol. The number of hydrogen-bond acceptors (Lipinski definition) is 2. The molecule has 20 heavy (non-hydrogen) atoms. The maximum absolute atomic E-state index is 12.1. The van der Waals surface area contributed by atoms with E-state index in [0.29, 0.717) is 17.1 Å². The number of hydrogen-bond donors (Lipinski definition) is 1. The second-order valence-electron chi connectivity index (χ2n) is 5.21. The van der Waals surface area contributed by atoms with Gasteiger partial charge in [0.2, 0.25) is 0 Å². The lowest BCUT2D eigenvalue weighted by Crippen LogP contribution is -2.09. The first-order valence-electron chi connectivity index (χ1n) is 6.74. The number of para-hydroxylation sites is 1. The summed E-state index contributed by atoms with van der Waals surface area (Å²) in [5, 5.41) is 0.620. The van der Waals surface area contributed by atoms with E-state index in [-0.39, 0.29) is 5.56 Å². The van der Waals surface area contributed by atoms with Crippen molar-refractivity contribution in [2.45, 2.75) is 19.8 Å². The van der Waals surface area contributed by atoms with Gasteiger partial charge < -0.3 is 4.98 Å². The molecule has 3 rings (SSSR count). The van der Waals surface area contributed by atoms with Crippen molar-refractivity contribution in [3.63, 3.8) is 0 Å². The Kier molecular flexibility index (Phi) is 3.11. The number of nitrogens with zero attached hydrogens (tertiary/aromatic N) is 1. The molecule has 0 bridgehead atoms. The first kappa shape index (κ1) is 12.6. The van der Waals surface area contributed by atoms with E-state index in [1.165, 1.54) is 5.56 Å². The number of fused-ring (bicyclic) bond motifs is 1. The second-order valence-corrected chi connectivity index (χ2v) is 5.21. The highest BCUT2D eigenvalue weighted by atomic mass is 16.1. The van der Waals surface area contributed by atoms with Gasteiger partial charge >= 0.3 is 0 Å². The Balaban J connectivity index is 2.12. The summed E-state index contributed by atoms with van der Waals surface area (Å²) in [5.74, 6) is 1.11. The average Bonchev–Trinajstić information content (AvgIpc) is 2.47. The predicted octanol–water partition coefficient (Wildman–Crippen LogP) is 3.71. The van der Waals surface area contributed by atoms with Crippen molar-refractivity contribution < 1.29 is 0 Å². The van der Waals surface area contributed by atoms with Gasteiger partial charge in [0, 0.05) is 5.56 Å². The van der Waals surface area contributed by atoms with Crippen molar-refractivity contribution in [2.75, 3.05) is 0 Å². The molecule has 2 aromatic carbocycles. The molecule has 3 nitrogen and oxygen atoms in total. The predicted molar refractivity (Wildman–Crippen MR) is 81.9 cm³/mol. The Morgan fingerprint density at radius 1 is 1.00 bits per heavy atom. The molecule has 0 atom stereocenters. The van der Waals surface area contributed by atoms with E-state index in [1.807, 2.05) is 30.3 Å². The van der Waals surface area contributed by atoms with Crippen LogP contribution < -0.4 is 5.56 Å². The van der Waals surface area contributed by atoms with E-state index in [0.717, 1.165) is 11.1 Å². The van der Waals surface area contributed by atoms with Crippen LogP contribution in [0.3, 0.4) is 0 Å². The fourth-order valence-electron chi connectivity index (χ4n) is 2.25. The van der Waals surface area contributed by atoms with Gasteiger partial charge in [0.1, 0.15) is 5.82 Å². The van der Waals surface area contributed by atoms with Gasteiger partial charge in [0.05, 0.1) is 10.9 Å². The highest BCUT2D eigenvalue weighted by Crippen LogP contribution is 2.20. The van der Waals surface area contributed by atoms with Crippen molar-refractivity contribution in [1.82, 2.24) is 9.97 Å². The number of nitrogens with one attached hydrogen (secondary N) is 1. The molecule has 100 valence electrons. The van der Waals surface area contributed by atoms with Crippen LogP contribution in [0.1, 0.15) is 25.3 Å². The van der Waals surface area contributed by atoms with Gasteiger partial charge in [-0.1, -0.05) is 50.2 Å². The molecule has 3 heteroatoms. The molecular formula is C17H16N2O. The molecule has 0 fully saturated rings. The van der Waals surface area contributed by atoms with Crippen LogP contribution >= 0.6 is 0 Å². The molecule has 3 aromatic rings. The van der Waals surface area contributed by atoms with Crippen LogP contribution in [0.4, 0.5) is 0 Å². The van der Waals surface area contributed by atoms with Crippen LogP contribution in [0.25, 0.3) is 22.3 Å². The lowest BCUT2D eigenvalue weighted by molar-refractivity contribution is 0.867. The van der Waals surface area contributed by atoms with Gasteiger partial charge in [0.25, 0.3) is 5.56 Å². The Bertz CT molecular complexity index is 801. The summed E-state index contributed by atoms with van der Waals surface area (Å²) in [4.78, 5) is 19.4. The van der Waals surface area contributed by atoms with Crippen molar-refractivity contribution >= 4 is 10.9 Å². The Morgan fingerprint density at radius 3 is 2.40 bits per heavy atom. The normalized spacial score (nSPS) is 11.2. The molecule has 0 unspecified atom stereocenters. The zero-order valence-electron chi connectivity index (χ0n) is 11.6. The lowest BCUT2D eigenvalue weighted by atomic mass is 10.0. The maximum Gasteiger partial charge on any atom is 0.259 e. The van der Waals surface area contributed by atoms with Crippen molar-refractivity contribution in [2.24, 2.45) is 0 Å². The Labute approximate surface area is 117 Å². The number of aromatic amines is 1. The van der Waals surface area contributed by atoms with Gasteiger partial charge in [-0.2, -0.15) is 0 Å². The van der Waals surface area contributed by atoms with Crippen LogP contribution in [0, 0.1) is 0 Å². The molecule has 0 saturated heterocycles. The van der Waals surface area contributed by atoms with Crippen LogP contribution in [0.5, 0.6) is 0 Å². The number of aromatic nitrogens is 2. The Hall–Kier alpha value is -2.42. The van der Waals surface area contributed by atoms with Gasteiger partial charge in [-0.3, -0.25) is 4.79 Å². The minimum absolute atomic E-state index is 0.0986. The van der Waals surface area contributed by atoms with Crippen LogP contribution in [0.2, 0.25) is 0 Å². The maximum atomic E-state index is 12.1. The van der Waals surface area contributed by atoms with Crippen molar-refractivity contribution in [1.29, 1.82) is 0 Å². The lowest BCUT2D eigenvalue weighted by Gasteiger charge is -2.07. The van der Waals surface area contributed by atoms with Crippen LogP contribution in [-0.2, 0) is 0 Å². The van der Waals surface area contributed by atoms with Gasteiger partial charge in [-0.25, -0.2) is 4.98 Å². The third kappa shape index (κ3) is 2.23. The molecule has 0 saturated carbocycles. The molecule has 1 N–H and O–H groups in total. The van der Waals surface area contributed by atoms with E-state index < -0.39 is 0 Å². The first-order chi connectivity index (χ1) is 9.65. The van der Waals surface area contributed by atoms with Crippen molar-refractivity contribution in [3.8, 4) is 11.4 Å².